The van der Waals surface area contributed by atoms with Gasteiger partial charge in [0.25, 0.3) is 5.91 Å². The van der Waals surface area contributed by atoms with E-state index in [1.165, 1.54) is 24.4 Å². The van der Waals surface area contributed by atoms with E-state index in [-0.39, 0.29) is 34.0 Å². The van der Waals surface area contributed by atoms with Gasteiger partial charge < -0.3 is 15.9 Å². The number of halogens is 1. The third-order valence-corrected chi connectivity index (χ3v) is 6.77. The third-order valence-electron chi connectivity index (χ3n) is 4.03. The monoisotopic (exact) mass is 491 g/mol. The van der Waals surface area contributed by atoms with Crippen LogP contribution < -0.4 is 11.1 Å². The summed E-state index contributed by atoms with van der Waals surface area (Å²) < 4.78 is 53.0. The van der Waals surface area contributed by atoms with E-state index < -0.39 is 34.3 Å². The number of carbonyl (C=O) groups is 1. The Labute approximate surface area is 187 Å². The number of anilines is 2. The number of rotatable bonds is 6. The first-order chi connectivity index (χ1) is 15.4. The summed E-state index contributed by atoms with van der Waals surface area (Å²) in [5.74, 6) is -1.66. The largest absolute Gasteiger partial charge is 0.382 e. The van der Waals surface area contributed by atoms with Crippen molar-refractivity contribution < 1.29 is 31.0 Å². The Morgan fingerprint density at radius 3 is 2.55 bits per heavy atom. The first-order valence-electron chi connectivity index (χ1n) is 8.90. The molecule has 1 aromatic heterocycles. The van der Waals surface area contributed by atoms with Crippen molar-refractivity contribution in [2.45, 2.75) is 4.90 Å². The molecule has 2 aromatic carbocycles. The Morgan fingerprint density at radius 1 is 1.27 bits per heavy atom. The minimum Gasteiger partial charge on any atom is -0.382 e. The van der Waals surface area contributed by atoms with Crippen molar-refractivity contribution >= 4 is 35.1 Å². The standard InChI is InChI=1S/C19H15FN5O6PS/c1-32(27,28)31-33(29,30)14-6-4-13(5-7-14)24-19(26)17-18(22)23-10-16(25-17)15-8-12(20)3-2-11(15)9-21/h2-8,10H,1H3,(H2,22,23)(H,24,26)(H,27,28). The van der Waals surface area contributed by atoms with Gasteiger partial charge in [-0.05, 0) is 42.5 Å². The summed E-state index contributed by atoms with van der Waals surface area (Å²) in [4.78, 5) is 29.4. The molecule has 1 unspecified atom stereocenters. The molecule has 0 bridgehead atoms. The number of nitrogens with one attached hydrogen (secondary N) is 1. The van der Waals surface area contributed by atoms with Gasteiger partial charge in [0, 0.05) is 17.9 Å². The molecule has 0 aliphatic rings. The van der Waals surface area contributed by atoms with Crippen LogP contribution in [0.2, 0.25) is 0 Å². The fourth-order valence-corrected chi connectivity index (χ4v) is 4.91. The average Bonchev–Trinajstić information content (AvgIpc) is 2.72. The van der Waals surface area contributed by atoms with Gasteiger partial charge in [-0.1, -0.05) is 0 Å². The number of hydrogen-bond acceptors (Lipinski definition) is 9. The van der Waals surface area contributed by atoms with Gasteiger partial charge in [-0.25, -0.2) is 14.4 Å². The summed E-state index contributed by atoms with van der Waals surface area (Å²) in [6, 6.07) is 9.86. The van der Waals surface area contributed by atoms with E-state index in [0.29, 0.717) is 0 Å². The highest BCUT2D eigenvalue weighted by Crippen LogP contribution is 2.40. The summed E-state index contributed by atoms with van der Waals surface area (Å²) in [6.45, 7) is 0.724. The Morgan fingerprint density at radius 2 is 1.94 bits per heavy atom. The maximum absolute atomic E-state index is 13.7. The third kappa shape index (κ3) is 5.76. The van der Waals surface area contributed by atoms with Crippen LogP contribution in [-0.4, -0.2) is 35.9 Å². The van der Waals surface area contributed by atoms with Crippen LogP contribution >= 0.6 is 7.60 Å². The maximum Gasteiger partial charge on any atom is 0.339 e. The molecule has 14 heteroatoms. The lowest BCUT2D eigenvalue weighted by molar-refractivity contribution is 0.102. The average molecular weight is 491 g/mol. The van der Waals surface area contributed by atoms with Gasteiger partial charge >= 0.3 is 17.7 Å². The number of amides is 1. The molecule has 0 aliphatic heterocycles. The van der Waals surface area contributed by atoms with E-state index in [1.807, 2.05) is 6.07 Å². The second kappa shape index (κ2) is 9.05. The number of benzene rings is 2. The van der Waals surface area contributed by atoms with Crippen LogP contribution in [-0.2, 0) is 18.7 Å². The normalized spacial score (nSPS) is 13.0. The fourth-order valence-electron chi connectivity index (χ4n) is 2.64. The molecule has 3 aromatic rings. The highest BCUT2D eigenvalue weighted by molar-refractivity contribution is 7.91. The van der Waals surface area contributed by atoms with Crippen molar-refractivity contribution in [1.29, 1.82) is 5.26 Å². The van der Waals surface area contributed by atoms with Crippen LogP contribution in [0.15, 0.2) is 53.6 Å². The van der Waals surface area contributed by atoms with Crippen molar-refractivity contribution in [3.8, 4) is 17.3 Å². The zero-order valence-corrected chi connectivity index (χ0v) is 18.5. The van der Waals surface area contributed by atoms with E-state index >= 15 is 0 Å². The molecule has 4 N–H and O–H groups in total. The van der Waals surface area contributed by atoms with Crippen LogP contribution in [0.5, 0.6) is 0 Å². The zero-order chi connectivity index (χ0) is 24.4. The molecule has 0 saturated carbocycles. The molecule has 1 amide bonds. The molecule has 0 radical (unpaired) electrons. The topological polar surface area (TPSA) is 185 Å². The molecule has 11 nitrogen and oxygen atoms in total. The predicted octanol–water partition coefficient (Wildman–Crippen LogP) is 2.51. The van der Waals surface area contributed by atoms with Gasteiger partial charge in [0.2, 0.25) is 0 Å². The Bertz CT molecular complexity index is 1430. The second-order valence-electron chi connectivity index (χ2n) is 6.60. The Hall–Kier alpha value is -3.69. The smallest absolute Gasteiger partial charge is 0.339 e. The molecule has 1 heterocycles. The van der Waals surface area contributed by atoms with Gasteiger partial charge in [-0.2, -0.15) is 17.6 Å². The maximum atomic E-state index is 13.7. The quantitative estimate of drug-likeness (QED) is 0.433. The summed E-state index contributed by atoms with van der Waals surface area (Å²) in [6.07, 6.45) is 1.19. The summed E-state index contributed by atoms with van der Waals surface area (Å²) in [5, 5.41) is 11.7. The van der Waals surface area contributed by atoms with Gasteiger partial charge in [0.1, 0.15) is 5.82 Å². The van der Waals surface area contributed by atoms with Crippen molar-refractivity contribution in [2.75, 3.05) is 17.7 Å². The van der Waals surface area contributed by atoms with Crippen LogP contribution in [0.1, 0.15) is 16.1 Å². The summed E-state index contributed by atoms with van der Waals surface area (Å²) in [7, 11) is -8.80. The number of aromatic nitrogens is 2. The molecular formula is C19H15FN5O6PS. The van der Waals surface area contributed by atoms with E-state index in [9.17, 15) is 27.4 Å². The second-order valence-corrected chi connectivity index (χ2v) is 10.2. The molecular weight excluding hydrogens is 476 g/mol. The molecule has 3 rings (SSSR count). The molecule has 170 valence electrons. The van der Waals surface area contributed by atoms with Gasteiger partial charge in [0.15, 0.2) is 11.5 Å². The SMILES string of the molecule is CP(=O)(O)OS(=O)(=O)c1ccc(NC(=O)c2nc(-c3cc(F)ccc3C#N)cnc2N)cc1. The molecule has 0 spiro atoms. The van der Waals surface area contributed by atoms with Crippen LogP contribution in [0, 0.1) is 17.1 Å². The van der Waals surface area contributed by atoms with Crippen molar-refractivity contribution in [1.82, 2.24) is 9.97 Å². The van der Waals surface area contributed by atoms with Crippen molar-refractivity contribution in [3.63, 3.8) is 0 Å². The van der Waals surface area contributed by atoms with Crippen molar-refractivity contribution in [3.05, 3.63) is 65.7 Å². The summed E-state index contributed by atoms with van der Waals surface area (Å²) in [5.41, 5.74) is 5.83. The minimum absolute atomic E-state index is 0.0389. The van der Waals surface area contributed by atoms with Gasteiger partial charge in [-0.3, -0.25) is 9.36 Å². The number of nitriles is 1. The molecule has 0 aliphatic carbocycles. The molecule has 0 saturated heterocycles. The first kappa shape index (κ1) is 24.0. The lowest BCUT2D eigenvalue weighted by Crippen LogP contribution is -2.17. The van der Waals surface area contributed by atoms with E-state index in [2.05, 4.69) is 19.3 Å². The van der Waals surface area contributed by atoms with E-state index in [1.54, 1.807) is 0 Å². The number of nitrogens with two attached hydrogens (primary N) is 1. The number of nitrogen functional groups attached to an aromatic ring is 1. The first-order valence-corrected chi connectivity index (χ1v) is 12.3. The van der Waals surface area contributed by atoms with Crippen LogP contribution in [0.3, 0.4) is 0 Å². The van der Waals surface area contributed by atoms with E-state index in [0.717, 1.165) is 30.9 Å². The van der Waals surface area contributed by atoms with Crippen molar-refractivity contribution in [2.24, 2.45) is 0 Å². The fraction of sp³-hybridized carbons (Fsp3) is 0.0526. The Balaban J connectivity index is 1.87. The van der Waals surface area contributed by atoms with Crippen LogP contribution in [0.25, 0.3) is 11.3 Å². The molecule has 33 heavy (non-hydrogen) atoms. The van der Waals surface area contributed by atoms with Gasteiger partial charge in [0.05, 0.1) is 28.4 Å². The van der Waals surface area contributed by atoms with Gasteiger partial charge in [-0.15, -0.1) is 0 Å². The summed E-state index contributed by atoms with van der Waals surface area (Å²) >= 11 is 0. The number of hydrogen-bond donors (Lipinski definition) is 3. The lowest BCUT2D eigenvalue weighted by Gasteiger charge is -2.10. The number of nitrogens with zero attached hydrogens (tertiary/aromatic N) is 3. The number of carbonyl (C=O) groups excluding carboxylic acids is 1. The molecule has 1 atom stereocenters. The predicted molar refractivity (Wildman–Crippen MR) is 115 cm³/mol. The zero-order valence-electron chi connectivity index (χ0n) is 16.8. The van der Waals surface area contributed by atoms with E-state index in [4.69, 9.17) is 10.6 Å². The lowest BCUT2D eigenvalue weighted by atomic mass is 10.1. The molecule has 0 fully saturated rings. The highest BCUT2D eigenvalue weighted by Gasteiger charge is 2.25. The minimum atomic E-state index is -4.49. The Kier molecular flexibility index (Phi) is 6.57. The highest BCUT2D eigenvalue weighted by atomic mass is 32.2. The van der Waals surface area contributed by atoms with Crippen LogP contribution in [0.4, 0.5) is 15.9 Å².